The number of hydrogen-bond acceptors (Lipinski definition) is 3. The Morgan fingerprint density at radius 3 is 2.17 bits per heavy atom. The zero-order valence-corrected chi connectivity index (χ0v) is 13.2. The van der Waals surface area contributed by atoms with E-state index < -0.39 is 48.1 Å². The summed E-state index contributed by atoms with van der Waals surface area (Å²) in [6.45, 7) is -1.07. The van der Waals surface area contributed by atoms with Gasteiger partial charge in [0.1, 0.15) is 0 Å². The van der Waals surface area contributed by atoms with Gasteiger partial charge in [0, 0.05) is 18.2 Å². The number of amides is 2. The molecule has 0 atom stereocenters. The molecule has 0 aliphatic carbocycles. The maximum absolute atomic E-state index is 13.0. The Hall–Kier alpha value is -1.94. The topological polar surface area (TPSA) is 84.2 Å². The number of hydrogen-bond donors (Lipinski definition) is 3. The average molecular weight is 376 g/mol. The van der Waals surface area contributed by atoms with Crippen LogP contribution in [0.15, 0.2) is 18.2 Å². The third kappa shape index (κ3) is 6.67. The minimum Gasteiger partial charge on any atom is -0.346 e. The zero-order chi connectivity index (χ0) is 17.8. The van der Waals surface area contributed by atoms with Crippen molar-refractivity contribution in [3.05, 3.63) is 29.3 Å². The summed E-state index contributed by atoms with van der Waals surface area (Å²) in [5, 5.41) is 3.91. The van der Waals surface area contributed by atoms with E-state index in [-0.39, 0.29) is 18.1 Å². The fourth-order valence-electron chi connectivity index (χ4n) is 1.58. The first-order valence-corrected chi connectivity index (χ1v) is 6.30. The molecule has 4 N–H and O–H groups in total. The molecule has 0 radical (unpaired) electrons. The number of anilines is 1. The van der Waals surface area contributed by atoms with Crippen molar-refractivity contribution < 1.29 is 31.5 Å². The third-order valence-electron chi connectivity index (χ3n) is 2.65. The number of carbonyl (C=O) groups is 2. The number of carbonyl (C=O) groups excluding carboxylic acids is 2. The monoisotopic (exact) mass is 375 g/mol. The van der Waals surface area contributed by atoms with Crippen molar-refractivity contribution in [2.45, 2.75) is 19.0 Å². The number of halogens is 6. The molecule has 0 unspecified atom stereocenters. The standard InChI is InChI=1S/C13H14F5N3O2.ClH/c1-7(22)21-10-3-8(2-9(4-10)13(16,17)18)11(23)20-6-12(14,15)5-19;/h2-4H,5-6,19H2,1H3,(H,20,23)(H,21,22);1H. The molecule has 0 bridgehead atoms. The molecule has 2 amide bonds. The van der Waals surface area contributed by atoms with Crippen LogP contribution in [0.25, 0.3) is 0 Å². The van der Waals surface area contributed by atoms with E-state index in [0.717, 1.165) is 13.0 Å². The van der Waals surface area contributed by atoms with Gasteiger partial charge in [0.2, 0.25) is 5.91 Å². The van der Waals surface area contributed by atoms with E-state index in [1.807, 2.05) is 0 Å². The van der Waals surface area contributed by atoms with Crippen molar-refractivity contribution in [2.75, 3.05) is 18.4 Å². The molecule has 1 aromatic carbocycles. The molecule has 5 nitrogen and oxygen atoms in total. The Bertz CT molecular complexity index is 608. The number of alkyl halides is 5. The van der Waals surface area contributed by atoms with Crippen LogP contribution in [-0.4, -0.2) is 30.8 Å². The molecule has 0 aliphatic heterocycles. The van der Waals surface area contributed by atoms with Crippen LogP contribution >= 0.6 is 12.4 Å². The lowest BCUT2D eigenvalue weighted by molar-refractivity contribution is -0.137. The smallest absolute Gasteiger partial charge is 0.346 e. The van der Waals surface area contributed by atoms with E-state index in [1.54, 1.807) is 5.32 Å². The molecule has 0 aliphatic rings. The Labute approximate surface area is 140 Å². The van der Waals surface area contributed by atoms with Crippen LogP contribution in [0, 0.1) is 0 Å². The molecule has 0 saturated carbocycles. The van der Waals surface area contributed by atoms with Crippen LogP contribution in [0.2, 0.25) is 0 Å². The fourth-order valence-corrected chi connectivity index (χ4v) is 1.58. The first-order valence-electron chi connectivity index (χ1n) is 6.30. The van der Waals surface area contributed by atoms with Crippen LogP contribution in [0.1, 0.15) is 22.8 Å². The summed E-state index contributed by atoms with van der Waals surface area (Å²) >= 11 is 0. The van der Waals surface area contributed by atoms with Gasteiger partial charge in [-0.15, -0.1) is 12.4 Å². The van der Waals surface area contributed by atoms with Crippen molar-refractivity contribution >= 4 is 29.9 Å². The molecule has 24 heavy (non-hydrogen) atoms. The highest BCUT2D eigenvalue weighted by atomic mass is 35.5. The third-order valence-corrected chi connectivity index (χ3v) is 2.65. The molecule has 1 rings (SSSR count). The molecule has 0 saturated heterocycles. The van der Waals surface area contributed by atoms with Gasteiger partial charge in [-0.2, -0.15) is 13.2 Å². The Morgan fingerprint density at radius 1 is 1.12 bits per heavy atom. The first-order chi connectivity index (χ1) is 10.4. The van der Waals surface area contributed by atoms with Crippen molar-refractivity contribution in [2.24, 2.45) is 5.73 Å². The van der Waals surface area contributed by atoms with E-state index >= 15 is 0 Å². The van der Waals surface area contributed by atoms with E-state index in [0.29, 0.717) is 12.1 Å². The Kier molecular flexibility index (Phi) is 7.58. The van der Waals surface area contributed by atoms with Gasteiger partial charge in [0.05, 0.1) is 18.7 Å². The van der Waals surface area contributed by atoms with Gasteiger partial charge >= 0.3 is 6.18 Å². The molecule has 11 heteroatoms. The maximum Gasteiger partial charge on any atom is 0.416 e. The van der Waals surface area contributed by atoms with E-state index in [9.17, 15) is 31.5 Å². The van der Waals surface area contributed by atoms with Gasteiger partial charge in [-0.3, -0.25) is 9.59 Å². The summed E-state index contributed by atoms with van der Waals surface area (Å²) in [6.07, 6.45) is -4.77. The van der Waals surface area contributed by atoms with Gasteiger partial charge in [-0.1, -0.05) is 0 Å². The fraction of sp³-hybridized carbons (Fsp3) is 0.385. The second-order valence-electron chi connectivity index (χ2n) is 4.72. The molecule has 0 aromatic heterocycles. The summed E-state index contributed by atoms with van der Waals surface area (Å²) in [4.78, 5) is 22.7. The van der Waals surface area contributed by atoms with Gasteiger partial charge in [0.25, 0.3) is 11.8 Å². The SMILES string of the molecule is CC(=O)Nc1cc(C(=O)NCC(F)(F)CN)cc(C(F)(F)F)c1.Cl. The normalized spacial score (nSPS) is 11.5. The highest BCUT2D eigenvalue weighted by molar-refractivity contribution is 5.97. The average Bonchev–Trinajstić information content (AvgIpc) is 2.43. The van der Waals surface area contributed by atoms with E-state index in [2.05, 4.69) is 5.32 Å². The zero-order valence-electron chi connectivity index (χ0n) is 12.3. The highest BCUT2D eigenvalue weighted by Crippen LogP contribution is 2.32. The van der Waals surface area contributed by atoms with Crippen LogP contribution in [-0.2, 0) is 11.0 Å². The summed E-state index contributed by atoms with van der Waals surface area (Å²) in [7, 11) is 0. The number of benzene rings is 1. The predicted molar refractivity (Wildman–Crippen MR) is 79.3 cm³/mol. The van der Waals surface area contributed by atoms with Gasteiger partial charge in [-0.25, -0.2) is 8.78 Å². The molecule has 1 aromatic rings. The van der Waals surface area contributed by atoms with Crippen LogP contribution in [0.3, 0.4) is 0 Å². The Balaban J connectivity index is 0.00000529. The molecular formula is C13H15ClF5N3O2. The largest absolute Gasteiger partial charge is 0.416 e. The quantitative estimate of drug-likeness (QED) is 0.691. The Morgan fingerprint density at radius 2 is 1.71 bits per heavy atom. The lowest BCUT2D eigenvalue weighted by Crippen LogP contribution is -2.41. The molecular weight excluding hydrogens is 361 g/mol. The maximum atomic E-state index is 13.0. The van der Waals surface area contributed by atoms with Crippen molar-refractivity contribution in [1.82, 2.24) is 5.32 Å². The molecule has 0 spiro atoms. The van der Waals surface area contributed by atoms with Gasteiger partial charge in [0.15, 0.2) is 0 Å². The van der Waals surface area contributed by atoms with Crippen LogP contribution in [0.5, 0.6) is 0 Å². The lowest BCUT2D eigenvalue weighted by Gasteiger charge is -2.16. The summed E-state index contributed by atoms with van der Waals surface area (Å²) in [6, 6.07) is 2.08. The minimum atomic E-state index is -4.77. The minimum absolute atomic E-state index is 0. The first kappa shape index (κ1) is 22.1. The van der Waals surface area contributed by atoms with Crippen molar-refractivity contribution in [1.29, 1.82) is 0 Å². The second kappa shape index (κ2) is 8.25. The second-order valence-corrected chi connectivity index (χ2v) is 4.72. The number of nitrogens with two attached hydrogens (primary N) is 1. The molecule has 0 fully saturated rings. The summed E-state index contributed by atoms with van der Waals surface area (Å²) < 4.78 is 64.3. The number of nitrogens with one attached hydrogen (secondary N) is 2. The van der Waals surface area contributed by atoms with E-state index in [1.165, 1.54) is 0 Å². The van der Waals surface area contributed by atoms with Crippen LogP contribution < -0.4 is 16.4 Å². The van der Waals surface area contributed by atoms with Crippen molar-refractivity contribution in [3.8, 4) is 0 Å². The van der Waals surface area contributed by atoms with Gasteiger partial charge < -0.3 is 16.4 Å². The predicted octanol–water partition coefficient (Wildman–Crippen LogP) is 2.41. The summed E-state index contributed by atoms with van der Waals surface area (Å²) in [5.74, 6) is -5.17. The molecule has 136 valence electrons. The highest BCUT2D eigenvalue weighted by Gasteiger charge is 2.32. The van der Waals surface area contributed by atoms with Crippen molar-refractivity contribution in [3.63, 3.8) is 0 Å². The van der Waals surface area contributed by atoms with E-state index in [4.69, 9.17) is 5.73 Å². The van der Waals surface area contributed by atoms with Gasteiger partial charge in [-0.05, 0) is 18.2 Å². The summed E-state index contributed by atoms with van der Waals surface area (Å²) in [5.41, 5.74) is 2.81. The van der Waals surface area contributed by atoms with Crippen LogP contribution in [0.4, 0.5) is 27.6 Å². The molecule has 0 heterocycles. The lowest BCUT2D eigenvalue weighted by atomic mass is 10.1. The number of rotatable bonds is 5.